The van der Waals surface area contributed by atoms with E-state index in [4.69, 9.17) is 4.74 Å². The molecule has 1 unspecified atom stereocenters. The van der Waals surface area contributed by atoms with Gasteiger partial charge in [-0.3, -0.25) is 4.79 Å². The molecule has 0 amide bonds. The van der Waals surface area contributed by atoms with Gasteiger partial charge in [0.15, 0.2) is 0 Å². The van der Waals surface area contributed by atoms with Crippen LogP contribution in [0.1, 0.15) is 406 Å². The number of hydrogen-bond donors (Lipinski definition) is 0. The molecule has 0 N–H and O–H groups in total. The van der Waals surface area contributed by atoms with Crippen LogP contribution in [-0.4, -0.2) is 37.6 Å². The van der Waals surface area contributed by atoms with Gasteiger partial charge >= 0.3 is 5.97 Å². The van der Waals surface area contributed by atoms with Gasteiger partial charge in [-0.2, -0.15) is 0 Å². The lowest BCUT2D eigenvalue weighted by molar-refractivity contribution is -0.150. The van der Waals surface area contributed by atoms with Crippen molar-refractivity contribution in [2.45, 2.75) is 412 Å². The van der Waals surface area contributed by atoms with Crippen molar-refractivity contribution >= 4 is 5.97 Å². The second kappa shape index (κ2) is 70.7. The Morgan fingerprint density at radius 1 is 0.291 bits per heavy atom. The molecule has 0 fully saturated rings. The fourth-order valence-electron chi connectivity index (χ4n) is 11.6. The molecule has 3 heteroatoms. The molecule has 0 radical (unpaired) electrons. The Morgan fingerprint density at radius 2 is 0.506 bits per heavy atom. The Labute approximate surface area is 498 Å². The molecule has 0 saturated carbocycles. The number of esters is 1. The van der Waals surface area contributed by atoms with Crippen molar-refractivity contribution in [3.8, 4) is 0 Å². The molecule has 466 valence electrons. The number of ether oxygens (including phenoxy) is 1. The predicted octanol–water partition coefficient (Wildman–Crippen LogP) is 26.5. The fraction of sp³-hybridized carbons (Fsp3) is 0.882. The van der Waals surface area contributed by atoms with Crippen molar-refractivity contribution in [2.75, 3.05) is 20.6 Å². The molecule has 0 spiro atoms. The van der Waals surface area contributed by atoms with E-state index in [2.05, 4.69) is 81.5 Å². The highest BCUT2D eigenvalue weighted by atomic mass is 16.5. The van der Waals surface area contributed by atoms with Gasteiger partial charge in [0.1, 0.15) is 6.10 Å². The van der Waals surface area contributed by atoms with Gasteiger partial charge in [0.25, 0.3) is 0 Å². The molecule has 0 saturated heterocycles. The molecule has 0 aromatic rings. The highest BCUT2D eigenvalue weighted by molar-refractivity contribution is 5.69. The van der Waals surface area contributed by atoms with Crippen LogP contribution in [0.15, 0.2) is 48.6 Å². The van der Waals surface area contributed by atoms with Crippen LogP contribution in [0.5, 0.6) is 0 Å². The molecular formula is C76H145NO2. The lowest BCUT2D eigenvalue weighted by Gasteiger charge is -2.18. The number of allylic oxidation sites excluding steroid dienone is 8. The van der Waals surface area contributed by atoms with E-state index in [1.807, 2.05) is 0 Å². The average Bonchev–Trinajstić information content (AvgIpc) is 3.44. The van der Waals surface area contributed by atoms with E-state index >= 15 is 0 Å². The van der Waals surface area contributed by atoms with Crippen LogP contribution in [0, 0.1) is 0 Å². The largest absolute Gasteiger partial charge is 0.462 e. The minimum Gasteiger partial charge on any atom is -0.462 e. The molecule has 0 aliphatic rings. The van der Waals surface area contributed by atoms with Crippen LogP contribution in [0.25, 0.3) is 0 Å². The summed E-state index contributed by atoms with van der Waals surface area (Å²) in [5.74, 6) is 0.0121. The maximum atomic E-state index is 12.7. The zero-order valence-corrected chi connectivity index (χ0v) is 54.8. The van der Waals surface area contributed by atoms with Crippen LogP contribution in [0.3, 0.4) is 0 Å². The Morgan fingerprint density at radius 3 is 0.759 bits per heavy atom. The summed E-state index contributed by atoms with van der Waals surface area (Å²) in [7, 11) is 4.14. The summed E-state index contributed by atoms with van der Waals surface area (Å²) >= 11 is 0. The second-order valence-corrected chi connectivity index (χ2v) is 25.4. The molecule has 0 aliphatic heterocycles. The zero-order chi connectivity index (χ0) is 56.9. The van der Waals surface area contributed by atoms with E-state index in [0.717, 1.165) is 38.6 Å². The minimum atomic E-state index is 0.0121. The van der Waals surface area contributed by atoms with E-state index < -0.39 is 0 Å². The van der Waals surface area contributed by atoms with Crippen LogP contribution in [0.4, 0.5) is 0 Å². The molecule has 0 bridgehead atoms. The van der Waals surface area contributed by atoms with Gasteiger partial charge in [-0.05, 0) is 117 Å². The van der Waals surface area contributed by atoms with Crippen molar-refractivity contribution in [3.05, 3.63) is 48.6 Å². The lowest BCUT2D eigenvalue weighted by atomic mass is 10.0. The van der Waals surface area contributed by atoms with E-state index in [-0.39, 0.29) is 12.1 Å². The Kier molecular flexibility index (Phi) is 69.2. The minimum absolute atomic E-state index is 0.0121. The summed E-state index contributed by atoms with van der Waals surface area (Å²) in [6, 6.07) is 0. The lowest BCUT2D eigenvalue weighted by Crippen LogP contribution is -2.20. The standard InChI is InChI=1S/C76H145NO2/c1-5-7-9-11-13-15-17-19-21-23-24-25-26-27-28-29-30-31-32-33-34-35-36-37-38-39-40-41-42-43-44-45-46-47-48-49-50-51-52-53-54-55-57-59-61-63-65-67-69-72-75(79-76(78)73-70-74-77(3)4)71-68-66-64-62-60-58-56-22-20-18-16-14-12-10-8-6-2/h14,16,20,22,51-52,54-55,75H,5-13,15,17-19,21,23-50,53,56-74H2,1-4H3/b16-14-,22-20-,52-51-,55-54-. The fourth-order valence-corrected chi connectivity index (χ4v) is 11.6. The molecular weight excluding hydrogens is 959 g/mol. The van der Waals surface area contributed by atoms with Crippen LogP contribution in [-0.2, 0) is 9.53 Å². The second-order valence-electron chi connectivity index (χ2n) is 25.4. The molecule has 0 heterocycles. The quantitative estimate of drug-likeness (QED) is 0.0345. The van der Waals surface area contributed by atoms with Crippen LogP contribution in [0.2, 0.25) is 0 Å². The van der Waals surface area contributed by atoms with Crippen LogP contribution >= 0.6 is 0 Å². The first-order valence-corrected chi connectivity index (χ1v) is 36.5. The summed E-state index contributed by atoms with van der Waals surface area (Å²) in [5.41, 5.74) is 0. The highest BCUT2D eigenvalue weighted by Gasteiger charge is 2.14. The Bertz CT molecular complexity index is 1250. The van der Waals surface area contributed by atoms with Gasteiger partial charge in [0.2, 0.25) is 0 Å². The number of carbonyl (C=O) groups excluding carboxylic acids is 1. The SMILES string of the molecule is CCCCC/C=C\C/C=C\CCCCCCCCC(CCCCCCCC/C=C\C/C=C\CCCCCCCCCCCCCCCCCCCCCCCCCCCCCCCCCCCCCC)OC(=O)CCCN(C)C. The number of rotatable bonds is 68. The van der Waals surface area contributed by atoms with Crippen molar-refractivity contribution in [1.29, 1.82) is 0 Å². The molecule has 79 heavy (non-hydrogen) atoms. The van der Waals surface area contributed by atoms with Crippen LogP contribution < -0.4 is 0 Å². The summed E-state index contributed by atoms with van der Waals surface area (Å²) in [4.78, 5) is 14.8. The van der Waals surface area contributed by atoms with Gasteiger partial charge in [0.05, 0.1) is 0 Å². The van der Waals surface area contributed by atoms with Gasteiger partial charge in [-0.1, -0.05) is 351 Å². The van der Waals surface area contributed by atoms with E-state index in [9.17, 15) is 4.79 Å². The topological polar surface area (TPSA) is 29.5 Å². The van der Waals surface area contributed by atoms with Crippen molar-refractivity contribution in [1.82, 2.24) is 4.90 Å². The van der Waals surface area contributed by atoms with Crippen molar-refractivity contribution in [2.24, 2.45) is 0 Å². The molecule has 0 aromatic carbocycles. The molecule has 0 aromatic heterocycles. The summed E-state index contributed by atoms with van der Waals surface area (Å²) in [5, 5.41) is 0. The Hall–Kier alpha value is -1.61. The van der Waals surface area contributed by atoms with Crippen molar-refractivity contribution in [3.63, 3.8) is 0 Å². The van der Waals surface area contributed by atoms with Crippen molar-refractivity contribution < 1.29 is 9.53 Å². The number of carbonyl (C=O) groups is 1. The number of hydrogen-bond acceptors (Lipinski definition) is 3. The number of unbranched alkanes of at least 4 members (excludes halogenated alkanes) is 51. The first-order valence-electron chi connectivity index (χ1n) is 36.5. The van der Waals surface area contributed by atoms with E-state index in [1.165, 1.54) is 353 Å². The molecule has 1 atom stereocenters. The van der Waals surface area contributed by atoms with Gasteiger partial charge in [-0.15, -0.1) is 0 Å². The van der Waals surface area contributed by atoms with Gasteiger partial charge in [0, 0.05) is 6.42 Å². The Balaban J connectivity index is 3.55. The summed E-state index contributed by atoms with van der Waals surface area (Å²) < 4.78 is 6.06. The first-order chi connectivity index (χ1) is 39.1. The first kappa shape index (κ1) is 77.4. The summed E-state index contributed by atoms with van der Waals surface area (Å²) in [6.07, 6.45) is 102. The average molecular weight is 1110 g/mol. The highest BCUT2D eigenvalue weighted by Crippen LogP contribution is 2.21. The van der Waals surface area contributed by atoms with E-state index in [0.29, 0.717) is 6.42 Å². The van der Waals surface area contributed by atoms with Gasteiger partial charge in [-0.25, -0.2) is 0 Å². The smallest absolute Gasteiger partial charge is 0.306 e. The molecule has 3 nitrogen and oxygen atoms in total. The van der Waals surface area contributed by atoms with Gasteiger partial charge < -0.3 is 9.64 Å². The zero-order valence-electron chi connectivity index (χ0n) is 54.8. The van der Waals surface area contributed by atoms with E-state index in [1.54, 1.807) is 0 Å². The molecule has 0 aliphatic carbocycles. The maximum absolute atomic E-state index is 12.7. The summed E-state index contributed by atoms with van der Waals surface area (Å²) in [6.45, 7) is 5.52. The third-order valence-electron chi connectivity index (χ3n) is 17.0. The monoisotopic (exact) mass is 1100 g/mol. The molecule has 0 rings (SSSR count). The normalized spacial score (nSPS) is 12.6. The maximum Gasteiger partial charge on any atom is 0.306 e. The third-order valence-corrected chi connectivity index (χ3v) is 17.0. The third kappa shape index (κ3) is 70.6. The predicted molar refractivity (Wildman–Crippen MR) is 358 cm³/mol. The number of nitrogens with zero attached hydrogens (tertiary/aromatic N) is 1.